The van der Waals surface area contributed by atoms with Gasteiger partial charge in [-0.25, -0.2) is 8.42 Å². The van der Waals surface area contributed by atoms with Crippen LogP contribution in [0.2, 0.25) is 0 Å². The lowest BCUT2D eigenvalue weighted by atomic mass is 10.0. The topological polar surface area (TPSA) is 57.9 Å². The quantitative estimate of drug-likeness (QED) is 0.842. The monoisotopic (exact) mass is 263 g/mol. The van der Waals surface area contributed by atoms with Crippen molar-refractivity contribution in [2.75, 3.05) is 0 Å². The SMILES string of the molecule is Cc1ccc(C(C)C)cc1S(=O)(=O)C1(C#N)CC1. The van der Waals surface area contributed by atoms with Gasteiger partial charge in [0.25, 0.3) is 0 Å². The molecule has 3 nitrogen and oxygen atoms in total. The highest BCUT2D eigenvalue weighted by molar-refractivity contribution is 7.93. The summed E-state index contributed by atoms with van der Waals surface area (Å²) in [6.07, 6.45) is 0.911. The molecule has 1 aliphatic carbocycles. The lowest BCUT2D eigenvalue weighted by Crippen LogP contribution is -2.22. The fourth-order valence-corrected chi connectivity index (χ4v) is 3.99. The van der Waals surface area contributed by atoms with Crippen molar-refractivity contribution < 1.29 is 8.42 Å². The Kier molecular flexibility index (Phi) is 2.98. The van der Waals surface area contributed by atoms with E-state index in [0.717, 1.165) is 11.1 Å². The maximum Gasteiger partial charge on any atom is 0.197 e. The van der Waals surface area contributed by atoms with E-state index in [2.05, 4.69) is 0 Å². The van der Waals surface area contributed by atoms with E-state index in [1.165, 1.54) is 0 Å². The first kappa shape index (κ1) is 13.1. The summed E-state index contributed by atoms with van der Waals surface area (Å²) in [5.74, 6) is 0.275. The molecule has 1 aromatic carbocycles. The summed E-state index contributed by atoms with van der Waals surface area (Å²) < 4.78 is 23.9. The van der Waals surface area contributed by atoms with Crippen molar-refractivity contribution in [3.8, 4) is 6.07 Å². The fourth-order valence-electron chi connectivity index (χ4n) is 2.03. The molecule has 1 aliphatic rings. The highest BCUT2D eigenvalue weighted by atomic mass is 32.2. The number of hydrogen-bond donors (Lipinski definition) is 0. The van der Waals surface area contributed by atoms with Crippen LogP contribution in [0.1, 0.15) is 43.7 Å². The predicted octanol–water partition coefficient (Wildman–Crippen LogP) is 2.95. The summed E-state index contributed by atoms with van der Waals surface area (Å²) in [4.78, 5) is 0.327. The van der Waals surface area contributed by atoms with Crippen LogP contribution in [-0.2, 0) is 9.84 Å². The third-order valence-corrected chi connectivity index (χ3v) is 6.14. The molecule has 4 heteroatoms. The molecule has 0 aromatic heterocycles. The van der Waals surface area contributed by atoms with Gasteiger partial charge in [0.05, 0.1) is 11.0 Å². The second-order valence-electron chi connectivity index (χ2n) is 5.29. The zero-order valence-corrected chi connectivity index (χ0v) is 11.7. The minimum Gasteiger partial charge on any atom is -0.222 e. The van der Waals surface area contributed by atoms with Crippen molar-refractivity contribution in [1.29, 1.82) is 5.26 Å². The molecule has 0 radical (unpaired) electrons. The molecule has 0 saturated heterocycles. The standard InChI is InChI=1S/C14H17NO2S/c1-10(2)12-5-4-11(3)13(8-12)18(16,17)14(9-15)6-7-14/h4-5,8,10H,6-7H2,1-3H3. The molecule has 1 aromatic rings. The minimum atomic E-state index is -3.53. The molecular weight excluding hydrogens is 246 g/mol. The third-order valence-electron chi connectivity index (χ3n) is 3.59. The fraction of sp³-hybridized carbons (Fsp3) is 0.500. The van der Waals surface area contributed by atoms with E-state index in [0.29, 0.717) is 17.7 Å². The van der Waals surface area contributed by atoms with Gasteiger partial charge in [0.1, 0.15) is 0 Å². The first-order chi connectivity index (χ1) is 8.34. The van der Waals surface area contributed by atoms with E-state index >= 15 is 0 Å². The van der Waals surface area contributed by atoms with Gasteiger partial charge in [0.2, 0.25) is 0 Å². The maximum absolute atomic E-state index is 12.5. The molecule has 18 heavy (non-hydrogen) atoms. The van der Waals surface area contributed by atoms with Gasteiger partial charge >= 0.3 is 0 Å². The molecule has 0 aliphatic heterocycles. The molecule has 0 heterocycles. The van der Waals surface area contributed by atoms with Crippen molar-refractivity contribution >= 4 is 9.84 Å². The first-order valence-corrected chi connectivity index (χ1v) is 7.59. The zero-order valence-electron chi connectivity index (χ0n) is 10.9. The molecule has 0 N–H and O–H groups in total. The number of sulfone groups is 1. The number of benzene rings is 1. The summed E-state index contributed by atoms with van der Waals surface area (Å²) >= 11 is 0. The van der Waals surface area contributed by atoms with Crippen LogP contribution in [0, 0.1) is 18.3 Å². The van der Waals surface area contributed by atoms with E-state index < -0.39 is 14.6 Å². The van der Waals surface area contributed by atoms with Crippen LogP contribution in [0.3, 0.4) is 0 Å². The normalized spacial score (nSPS) is 17.5. The van der Waals surface area contributed by atoms with E-state index in [-0.39, 0.29) is 5.92 Å². The summed E-state index contributed by atoms with van der Waals surface area (Å²) in [5.41, 5.74) is 1.72. The van der Waals surface area contributed by atoms with Gasteiger partial charge in [-0.05, 0) is 42.9 Å². The van der Waals surface area contributed by atoms with Gasteiger partial charge in [-0.1, -0.05) is 26.0 Å². The number of nitrogens with zero attached hydrogens (tertiary/aromatic N) is 1. The van der Waals surface area contributed by atoms with Crippen molar-refractivity contribution in [1.82, 2.24) is 0 Å². The highest BCUT2D eigenvalue weighted by Crippen LogP contribution is 2.47. The van der Waals surface area contributed by atoms with Crippen LogP contribution >= 0.6 is 0 Å². The Labute approximate surface area is 108 Å². The summed E-state index contributed by atoms with van der Waals surface area (Å²) in [6.45, 7) is 5.83. The lowest BCUT2D eigenvalue weighted by Gasteiger charge is -2.14. The maximum atomic E-state index is 12.5. The number of hydrogen-bond acceptors (Lipinski definition) is 3. The molecular formula is C14H17NO2S. The Balaban J connectivity index is 2.59. The van der Waals surface area contributed by atoms with E-state index in [9.17, 15) is 8.42 Å². The molecule has 0 spiro atoms. The molecule has 0 amide bonds. The number of rotatable bonds is 3. The second-order valence-corrected chi connectivity index (χ2v) is 7.52. The van der Waals surface area contributed by atoms with Crippen LogP contribution in [0.15, 0.2) is 23.1 Å². The van der Waals surface area contributed by atoms with Crippen molar-refractivity contribution in [2.45, 2.75) is 49.2 Å². The van der Waals surface area contributed by atoms with Gasteiger partial charge in [0.15, 0.2) is 14.6 Å². The molecule has 1 fully saturated rings. The minimum absolute atomic E-state index is 0.275. The summed E-state index contributed by atoms with van der Waals surface area (Å²) in [5, 5.41) is 9.09. The van der Waals surface area contributed by atoms with Gasteiger partial charge in [-0.2, -0.15) is 5.26 Å². The molecule has 1 saturated carbocycles. The lowest BCUT2D eigenvalue weighted by molar-refractivity contribution is 0.587. The Morgan fingerprint density at radius 3 is 2.39 bits per heavy atom. The molecule has 0 unspecified atom stereocenters. The largest absolute Gasteiger partial charge is 0.222 e. The summed E-state index contributed by atoms with van der Waals surface area (Å²) in [7, 11) is -3.53. The number of aryl methyl sites for hydroxylation is 1. The van der Waals surface area contributed by atoms with Crippen LogP contribution in [0.25, 0.3) is 0 Å². The van der Waals surface area contributed by atoms with Crippen LogP contribution in [-0.4, -0.2) is 13.2 Å². The molecule has 0 bridgehead atoms. The highest BCUT2D eigenvalue weighted by Gasteiger charge is 2.56. The molecule has 2 rings (SSSR count). The molecule has 96 valence electrons. The van der Waals surface area contributed by atoms with Crippen molar-refractivity contribution in [2.24, 2.45) is 0 Å². The van der Waals surface area contributed by atoms with Gasteiger partial charge in [0, 0.05) is 0 Å². The van der Waals surface area contributed by atoms with Gasteiger partial charge in [-0.3, -0.25) is 0 Å². The van der Waals surface area contributed by atoms with E-state index in [1.54, 1.807) is 13.0 Å². The van der Waals surface area contributed by atoms with Crippen LogP contribution in [0.4, 0.5) is 0 Å². The van der Waals surface area contributed by atoms with Crippen molar-refractivity contribution in [3.05, 3.63) is 29.3 Å². The Morgan fingerprint density at radius 1 is 1.33 bits per heavy atom. The average molecular weight is 263 g/mol. The third kappa shape index (κ3) is 1.83. The van der Waals surface area contributed by atoms with Gasteiger partial charge < -0.3 is 0 Å². The molecule has 0 atom stereocenters. The smallest absolute Gasteiger partial charge is 0.197 e. The first-order valence-electron chi connectivity index (χ1n) is 6.10. The van der Waals surface area contributed by atoms with Gasteiger partial charge in [-0.15, -0.1) is 0 Å². The van der Waals surface area contributed by atoms with Crippen molar-refractivity contribution in [3.63, 3.8) is 0 Å². The Morgan fingerprint density at radius 2 is 1.94 bits per heavy atom. The summed E-state index contributed by atoms with van der Waals surface area (Å²) in [6, 6.07) is 7.49. The van der Waals surface area contributed by atoms with E-state index in [4.69, 9.17) is 5.26 Å². The van der Waals surface area contributed by atoms with E-state index in [1.807, 2.05) is 32.0 Å². The number of nitriles is 1. The predicted molar refractivity (Wildman–Crippen MR) is 70.0 cm³/mol. The van der Waals surface area contributed by atoms with Crippen LogP contribution < -0.4 is 0 Å². The zero-order chi connectivity index (χ0) is 13.6. The van der Waals surface area contributed by atoms with Crippen LogP contribution in [0.5, 0.6) is 0 Å². The Hall–Kier alpha value is -1.34. The Bertz CT molecular complexity index is 620. The second kappa shape index (κ2) is 4.10. The average Bonchev–Trinajstić information content (AvgIpc) is 3.10.